The zero-order valence-corrected chi connectivity index (χ0v) is 34.7. The molecular weight excluding hydrogens is 727 g/mol. The topological polar surface area (TPSA) is 0 Å². The van der Waals surface area contributed by atoms with Crippen molar-refractivity contribution in [2.75, 3.05) is 0 Å². The van der Waals surface area contributed by atoms with Gasteiger partial charge in [0.2, 0.25) is 0 Å². The molecule has 0 bridgehead atoms. The van der Waals surface area contributed by atoms with E-state index in [4.69, 9.17) is 0 Å². The molecule has 4 aromatic rings. The molecule has 0 nitrogen and oxygen atoms in total. The minimum absolute atomic E-state index is 0. The summed E-state index contributed by atoms with van der Waals surface area (Å²) in [6.07, 6.45) is 20.4. The van der Waals surface area contributed by atoms with Crippen LogP contribution < -0.4 is 24.8 Å². The third-order valence-electron chi connectivity index (χ3n) is 10.1. The molecule has 8 rings (SSSR count). The van der Waals surface area contributed by atoms with Crippen LogP contribution in [-0.2, 0) is 41.5 Å². The summed E-state index contributed by atoms with van der Waals surface area (Å²) in [5, 5.41) is 0. The zero-order valence-electron chi connectivity index (χ0n) is 30.7. The van der Waals surface area contributed by atoms with Crippen molar-refractivity contribution in [2.24, 2.45) is 11.3 Å². The van der Waals surface area contributed by atoms with E-state index in [1.54, 1.807) is 0 Å². The Morgan fingerprint density at radius 2 is 1.30 bits per heavy atom. The van der Waals surface area contributed by atoms with Crippen LogP contribution in [0.3, 0.4) is 0 Å². The second kappa shape index (κ2) is 15.8. The third kappa shape index (κ3) is 8.44. The van der Waals surface area contributed by atoms with Crippen LogP contribution in [0.2, 0.25) is 0 Å². The van der Waals surface area contributed by atoms with E-state index in [-0.39, 0.29) is 35.6 Å². The minimum atomic E-state index is 0. The van der Waals surface area contributed by atoms with Crippen LogP contribution >= 0.6 is 0 Å². The molecule has 0 saturated heterocycles. The third-order valence-corrected chi connectivity index (χ3v) is 11.5. The summed E-state index contributed by atoms with van der Waals surface area (Å²) in [7, 11) is 0. The molecule has 0 radical (unpaired) electrons. The van der Waals surface area contributed by atoms with Crippen molar-refractivity contribution in [2.45, 2.75) is 79.1 Å². The molecule has 0 aliphatic heterocycles. The van der Waals surface area contributed by atoms with Crippen molar-refractivity contribution in [3.05, 3.63) is 165 Å². The average Bonchev–Trinajstić information content (AvgIpc) is 3.84. The predicted octanol–water partition coefficient (Wildman–Crippen LogP) is 5.84. The monoisotopic (exact) mass is 772 g/mol. The van der Waals surface area contributed by atoms with Gasteiger partial charge in [0, 0.05) is 5.41 Å². The van der Waals surface area contributed by atoms with Crippen LogP contribution in [0.5, 0.6) is 0 Å². The van der Waals surface area contributed by atoms with Gasteiger partial charge < -0.3 is 24.8 Å². The number of hydrogen-bond acceptors (Lipinski definition) is 0. The second-order valence-corrected chi connectivity index (χ2v) is 16.9. The molecule has 0 aromatic heterocycles. The molecule has 0 spiro atoms. The Bertz CT molecular complexity index is 1850. The Balaban J connectivity index is 0.000000180. The first kappa shape index (κ1) is 40.0. The summed E-state index contributed by atoms with van der Waals surface area (Å²) < 4.78 is 1.42. The van der Waals surface area contributed by atoms with Crippen LogP contribution in [0.4, 0.5) is 0 Å². The zero-order chi connectivity index (χ0) is 34.3. The maximum atomic E-state index is 3.50. The molecule has 0 fully saturated rings. The van der Waals surface area contributed by atoms with Crippen molar-refractivity contribution in [3.63, 3.8) is 0 Å². The number of hydrogen-bond donors (Lipinski definition) is 0. The Morgan fingerprint density at radius 1 is 0.760 bits per heavy atom. The van der Waals surface area contributed by atoms with Gasteiger partial charge in [0.25, 0.3) is 0 Å². The van der Waals surface area contributed by atoms with Crippen molar-refractivity contribution in [1.82, 2.24) is 0 Å². The molecule has 4 aliphatic rings. The Kier molecular flexibility index (Phi) is 12.6. The standard InChI is InChI=1S/C23H21.C13H10.C11H17.2ClH.Zr/c1-22(2)7-5-14-10-18-16(12-20(14)22)9-17-13-21-15(11-19(17)18)6-8-23(21,3)4;1-3-7-12(8-4-1)11-13-9-5-2-6-10-13;1-5-9-6-7-10(8-9)11(2,3)4;;;/h5-7,10-13H,9H2,1-4H3;1-10H;7-9H,5H2,1-4H3;2*1H;/q-1;;-1;;;+2/p-2. The van der Waals surface area contributed by atoms with Crippen molar-refractivity contribution in [1.29, 1.82) is 0 Å². The SMILES string of the molecule is CC1(C)[C-]=Cc2cc3c(cc21)Cc1cc2c(cc1-3)C=CC2(C)C.CCC1[C-]=CC(C(C)(C)C)=C1.[Cl-].[Cl-].[Zr+2]=[C](c1ccccc1)c1ccccc1. The van der Waals surface area contributed by atoms with Crippen LogP contribution in [0, 0.1) is 23.5 Å². The van der Waals surface area contributed by atoms with Crippen LogP contribution in [0.25, 0.3) is 23.3 Å². The predicted molar refractivity (Wildman–Crippen MR) is 203 cm³/mol. The van der Waals surface area contributed by atoms with Gasteiger partial charge in [-0.2, -0.15) is 17.2 Å². The van der Waals surface area contributed by atoms with Crippen LogP contribution in [0.1, 0.15) is 106 Å². The fourth-order valence-corrected chi connectivity index (χ4v) is 7.81. The molecule has 1 unspecified atom stereocenters. The molecule has 4 aromatic carbocycles. The van der Waals surface area contributed by atoms with Crippen molar-refractivity contribution in [3.8, 4) is 11.1 Å². The molecule has 1 atom stereocenters. The van der Waals surface area contributed by atoms with Gasteiger partial charge in [-0.3, -0.25) is 12.2 Å². The Hall–Kier alpha value is -2.83. The quantitative estimate of drug-likeness (QED) is 0.203. The van der Waals surface area contributed by atoms with Gasteiger partial charge in [-0.05, 0) is 45.9 Å². The Labute approximate surface area is 329 Å². The van der Waals surface area contributed by atoms with E-state index in [1.165, 1.54) is 95.1 Å². The molecule has 0 amide bonds. The fourth-order valence-electron chi connectivity index (χ4n) is 6.99. The molecule has 0 heterocycles. The van der Waals surface area contributed by atoms with E-state index in [0.29, 0.717) is 11.3 Å². The first-order valence-corrected chi connectivity index (χ1v) is 18.7. The molecule has 50 heavy (non-hydrogen) atoms. The number of benzene rings is 4. The van der Waals surface area contributed by atoms with Crippen LogP contribution in [0.15, 0.2) is 109 Å². The summed E-state index contributed by atoms with van der Waals surface area (Å²) in [6.45, 7) is 18.1. The summed E-state index contributed by atoms with van der Waals surface area (Å²) in [4.78, 5) is 0. The van der Waals surface area contributed by atoms with Crippen LogP contribution in [-0.4, -0.2) is 3.21 Å². The van der Waals surface area contributed by atoms with Gasteiger partial charge >= 0.3 is 99.2 Å². The summed E-state index contributed by atoms with van der Waals surface area (Å²) in [6, 6.07) is 30.8. The maximum absolute atomic E-state index is 3.50. The van der Waals surface area contributed by atoms with E-state index < -0.39 is 0 Å². The van der Waals surface area contributed by atoms with E-state index in [2.05, 4.69) is 183 Å². The molecular formula is C47H48Cl2Zr-2. The fraction of sp³-hybridized carbons (Fsp3) is 0.298. The van der Waals surface area contributed by atoms with Gasteiger partial charge in [0.1, 0.15) is 0 Å². The first-order chi connectivity index (χ1) is 22.8. The summed E-state index contributed by atoms with van der Waals surface area (Å²) >= 11 is 1.46. The normalized spacial score (nSPS) is 17.4. The summed E-state index contributed by atoms with van der Waals surface area (Å²) in [5.74, 6) is 0.573. The van der Waals surface area contributed by atoms with Gasteiger partial charge in [-0.15, -0.1) is 11.6 Å². The number of fused-ring (bicyclic) bond motifs is 5. The summed E-state index contributed by atoms with van der Waals surface area (Å²) in [5.41, 5.74) is 16.1. The number of halogens is 2. The van der Waals surface area contributed by atoms with Crippen molar-refractivity contribution >= 4 is 15.4 Å². The second-order valence-electron chi connectivity index (χ2n) is 15.6. The van der Waals surface area contributed by atoms with E-state index in [9.17, 15) is 0 Å². The van der Waals surface area contributed by atoms with Crippen molar-refractivity contribution < 1.29 is 49.0 Å². The number of rotatable bonds is 3. The van der Waals surface area contributed by atoms with Gasteiger partial charge in [0.05, 0.1) is 0 Å². The van der Waals surface area contributed by atoms with E-state index >= 15 is 0 Å². The average molecular weight is 775 g/mol. The van der Waals surface area contributed by atoms with Gasteiger partial charge in [-0.1, -0.05) is 103 Å². The van der Waals surface area contributed by atoms with E-state index in [1.807, 2.05) is 0 Å². The van der Waals surface area contributed by atoms with Gasteiger partial charge in [-0.25, -0.2) is 12.2 Å². The molecule has 3 heteroatoms. The first-order valence-electron chi connectivity index (χ1n) is 17.4. The van der Waals surface area contributed by atoms with Gasteiger partial charge in [0.15, 0.2) is 0 Å². The molecule has 0 N–H and O–H groups in total. The number of allylic oxidation sites excluding steroid dienone is 6. The molecule has 256 valence electrons. The molecule has 4 aliphatic carbocycles. The Morgan fingerprint density at radius 3 is 1.80 bits per heavy atom. The molecule has 0 saturated carbocycles. The van der Waals surface area contributed by atoms with E-state index in [0.717, 1.165) is 6.42 Å².